The van der Waals surface area contributed by atoms with Crippen LogP contribution in [0.25, 0.3) is 0 Å². The molecule has 1 saturated heterocycles. The first-order chi connectivity index (χ1) is 9.61. The maximum atomic E-state index is 5.68. The van der Waals surface area contributed by atoms with Crippen LogP contribution < -0.4 is 5.32 Å². The predicted molar refractivity (Wildman–Crippen MR) is 91.4 cm³/mol. The monoisotopic (exact) mass is 290 g/mol. The molecule has 0 amide bonds. The maximum Gasteiger partial charge on any atom is 0.173 e. The van der Waals surface area contributed by atoms with Gasteiger partial charge in [0.05, 0.1) is 0 Å². The molecular formula is C17H26N2S. The number of hydrogen-bond donors (Lipinski definition) is 1. The molecule has 1 unspecified atom stereocenters. The van der Waals surface area contributed by atoms with Crippen LogP contribution >= 0.6 is 12.2 Å². The molecule has 1 aromatic rings. The van der Waals surface area contributed by atoms with Gasteiger partial charge in [0.15, 0.2) is 5.11 Å². The van der Waals surface area contributed by atoms with E-state index < -0.39 is 0 Å². The van der Waals surface area contributed by atoms with E-state index in [2.05, 4.69) is 49.2 Å². The molecule has 2 nitrogen and oxygen atoms in total. The second kappa shape index (κ2) is 7.07. The Morgan fingerprint density at radius 3 is 2.85 bits per heavy atom. The molecule has 0 aromatic heterocycles. The van der Waals surface area contributed by atoms with E-state index in [0.717, 1.165) is 17.3 Å². The van der Waals surface area contributed by atoms with Crippen molar-refractivity contribution in [1.29, 1.82) is 0 Å². The van der Waals surface area contributed by atoms with Crippen molar-refractivity contribution < 1.29 is 0 Å². The molecule has 0 saturated carbocycles. The molecule has 110 valence electrons. The van der Waals surface area contributed by atoms with E-state index in [-0.39, 0.29) is 0 Å². The van der Waals surface area contributed by atoms with Gasteiger partial charge >= 0.3 is 0 Å². The predicted octanol–water partition coefficient (Wildman–Crippen LogP) is 4.65. The fourth-order valence-corrected chi connectivity index (χ4v) is 3.28. The number of rotatable bonds is 2. The van der Waals surface area contributed by atoms with E-state index in [1.807, 2.05) is 0 Å². The minimum atomic E-state index is 0.600. The highest BCUT2D eigenvalue weighted by atomic mass is 32.1. The van der Waals surface area contributed by atoms with Gasteiger partial charge in [0, 0.05) is 18.3 Å². The highest BCUT2D eigenvalue weighted by molar-refractivity contribution is 7.80. The summed E-state index contributed by atoms with van der Waals surface area (Å²) in [6.45, 7) is 7.61. The minimum Gasteiger partial charge on any atom is -0.346 e. The van der Waals surface area contributed by atoms with Crippen LogP contribution in [-0.2, 0) is 0 Å². The Balaban J connectivity index is 2.11. The van der Waals surface area contributed by atoms with Crippen LogP contribution in [0.2, 0.25) is 0 Å². The molecule has 0 radical (unpaired) electrons. The van der Waals surface area contributed by atoms with Crippen LogP contribution in [0, 0.1) is 13.8 Å². The molecule has 0 aliphatic carbocycles. The van der Waals surface area contributed by atoms with E-state index in [1.54, 1.807) is 0 Å². The second-order valence-electron chi connectivity index (χ2n) is 5.85. The minimum absolute atomic E-state index is 0.600. The first-order valence-corrected chi connectivity index (χ1v) is 8.17. The topological polar surface area (TPSA) is 15.3 Å². The molecule has 1 fully saturated rings. The first kappa shape index (κ1) is 15.3. The van der Waals surface area contributed by atoms with Crippen LogP contribution in [0.4, 0.5) is 5.69 Å². The van der Waals surface area contributed by atoms with Crippen molar-refractivity contribution in [3.05, 3.63) is 29.3 Å². The number of aryl methyl sites for hydroxylation is 2. The van der Waals surface area contributed by atoms with E-state index in [0.29, 0.717) is 6.04 Å². The van der Waals surface area contributed by atoms with Gasteiger partial charge in [-0.25, -0.2) is 0 Å². The van der Waals surface area contributed by atoms with E-state index in [9.17, 15) is 0 Å². The zero-order valence-electron chi connectivity index (χ0n) is 12.9. The molecule has 3 heteroatoms. The fraction of sp³-hybridized carbons (Fsp3) is 0.588. The van der Waals surface area contributed by atoms with Gasteiger partial charge in [0.2, 0.25) is 0 Å². The highest BCUT2D eigenvalue weighted by Crippen LogP contribution is 2.22. The summed E-state index contributed by atoms with van der Waals surface area (Å²) in [5, 5.41) is 4.37. The van der Waals surface area contributed by atoms with Gasteiger partial charge in [-0.1, -0.05) is 31.9 Å². The molecule has 20 heavy (non-hydrogen) atoms. The quantitative estimate of drug-likeness (QED) is 0.798. The Labute approximate surface area is 128 Å². The van der Waals surface area contributed by atoms with Crippen LogP contribution in [0.5, 0.6) is 0 Å². The summed E-state index contributed by atoms with van der Waals surface area (Å²) in [5.41, 5.74) is 3.67. The Morgan fingerprint density at radius 2 is 2.10 bits per heavy atom. The number of benzene rings is 1. The SMILES string of the molecule is CCC1CCCCCN1C(=S)Nc1cc(C)ccc1C. The highest BCUT2D eigenvalue weighted by Gasteiger charge is 2.21. The molecule has 1 aliphatic heterocycles. The molecule has 0 spiro atoms. The first-order valence-electron chi connectivity index (χ1n) is 7.76. The van der Waals surface area contributed by atoms with Gasteiger partial charge in [-0.2, -0.15) is 0 Å². The standard InChI is InChI=1S/C17H26N2S/c1-4-15-8-6-5-7-11-19(15)17(20)18-16-12-13(2)9-10-14(16)3/h9-10,12,15H,4-8,11H2,1-3H3,(H,18,20). The number of nitrogens with zero attached hydrogens (tertiary/aromatic N) is 1. The zero-order valence-corrected chi connectivity index (χ0v) is 13.7. The second-order valence-corrected chi connectivity index (χ2v) is 6.24. The smallest absolute Gasteiger partial charge is 0.173 e. The Hall–Kier alpha value is -1.09. The third-order valence-corrected chi connectivity index (χ3v) is 4.58. The van der Waals surface area contributed by atoms with Crippen LogP contribution in [0.15, 0.2) is 18.2 Å². The Bertz CT molecular complexity index is 470. The van der Waals surface area contributed by atoms with Gasteiger partial charge in [0.1, 0.15) is 0 Å². The van der Waals surface area contributed by atoms with Gasteiger partial charge < -0.3 is 10.2 Å². The largest absolute Gasteiger partial charge is 0.346 e. The van der Waals surface area contributed by atoms with Crippen molar-refractivity contribution in [2.24, 2.45) is 0 Å². The fourth-order valence-electron chi connectivity index (χ4n) is 2.93. The van der Waals surface area contributed by atoms with E-state index in [1.165, 1.54) is 43.2 Å². The van der Waals surface area contributed by atoms with Crippen molar-refractivity contribution in [2.45, 2.75) is 58.9 Å². The van der Waals surface area contributed by atoms with Crippen LogP contribution in [0.1, 0.15) is 50.2 Å². The van der Waals surface area contributed by atoms with Gasteiger partial charge in [-0.3, -0.25) is 0 Å². The van der Waals surface area contributed by atoms with E-state index >= 15 is 0 Å². The molecular weight excluding hydrogens is 264 g/mol. The summed E-state index contributed by atoms with van der Waals surface area (Å²) in [7, 11) is 0. The third kappa shape index (κ3) is 3.72. The Morgan fingerprint density at radius 1 is 1.30 bits per heavy atom. The van der Waals surface area contributed by atoms with Crippen LogP contribution in [0.3, 0.4) is 0 Å². The van der Waals surface area contributed by atoms with Gasteiger partial charge in [0.25, 0.3) is 0 Å². The third-order valence-electron chi connectivity index (χ3n) is 4.24. The molecule has 1 heterocycles. The molecule has 1 N–H and O–H groups in total. The molecule has 0 bridgehead atoms. The summed E-state index contributed by atoms with van der Waals surface area (Å²) in [4.78, 5) is 2.41. The lowest BCUT2D eigenvalue weighted by Crippen LogP contribution is -2.42. The normalized spacial score (nSPS) is 19.6. The van der Waals surface area contributed by atoms with Crippen molar-refractivity contribution >= 4 is 23.0 Å². The lowest BCUT2D eigenvalue weighted by molar-refractivity contribution is 0.311. The summed E-state index contributed by atoms with van der Waals surface area (Å²) in [5.74, 6) is 0. The number of likely N-dealkylation sites (tertiary alicyclic amines) is 1. The van der Waals surface area contributed by atoms with Crippen molar-refractivity contribution in [3.8, 4) is 0 Å². The zero-order chi connectivity index (χ0) is 14.5. The summed E-state index contributed by atoms with van der Waals surface area (Å²) >= 11 is 5.68. The van der Waals surface area contributed by atoms with Gasteiger partial charge in [-0.05, 0) is 62.5 Å². The average molecular weight is 290 g/mol. The lowest BCUT2D eigenvalue weighted by Gasteiger charge is -2.32. The summed E-state index contributed by atoms with van der Waals surface area (Å²) in [6.07, 6.45) is 6.37. The lowest BCUT2D eigenvalue weighted by atomic mass is 10.1. The van der Waals surface area contributed by atoms with E-state index in [4.69, 9.17) is 12.2 Å². The van der Waals surface area contributed by atoms with Crippen LogP contribution in [-0.4, -0.2) is 22.6 Å². The molecule has 1 aliphatic rings. The summed E-state index contributed by atoms with van der Waals surface area (Å²) in [6, 6.07) is 7.08. The Kier molecular flexibility index (Phi) is 5.41. The molecule has 2 rings (SSSR count). The molecule has 1 atom stereocenters. The average Bonchev–Trinajstić information content (AvgIpc) is 2.68. The molecule has 1 aromatic carbocycles. The maximum absolute atomic E-state index is 5.68. The number of anilines is 1. The van der Waals surface area contributed by atoms with Crippen molar-refractivity contribution in [1.82, 2.24) is 4.90 Å². The van der Waals surface area contributed by atoms with Crippen molar-refractivity contribution in [3.63, 3.8) is 0 Å². The van der Waals surface area contributed by atoms with Crippen molar-refractivity contribution in [2.75, 3.05) is 11.9 Å². The number of nitrogens with one attached hydrogen (secondary N) is 1. The van der Waals surface area contributed by atoms with Gasteiger partial charge in [-0.15, -0.1) is 0 Å². The number of hydrogen-bond acceptors (Lipinski definition) is 1. The number of thiocarbonyl (C=S) groups is 1. The summed E-state index contributed by atoms with van der Waals surface area (Å²) < 4.78 is 0.